The molecule has 0 saturated carbocycles. The van der Waals surface area contributed by atoms with Gasteiger partial charge in [-0.05, 0) is 99.4 Å². The number of carboxylic acids is 1. The van der Waals surface area contributed by atoms with Crippen molar-refractivity contribution in [3.05, 3.63) is 41.6 Å². The molecule has 16 heteroatoms. The number of esters is 1. The molecule has 2 aromatic rings. The number of hydrogen-bond acceptors (Lipinski definition) is 8. The van der Waals surface area contributed by atoms with E-state index in [4.69, 9.17) is 15.8 Å². The number of aliphatic carboxylic acids is 1. The molecule has 0 radical (unpaired) electrons. The van der Waals surface area contributed by atoms with Crippen LogP contribution in [0.3, 0.4) is 0 Å². The maximum Gasteiger partial charge on any atom is 1.00 e. The van der Waals surface area contributed by atoms with Crippen molar-refractivity contribution in [2.24, 2.45) is 0 Å². The van der Waals surface area contributed by atoms with Crippen molar-refractivity contribution in [3.63, 3.8) is 0 Å². The summed E-state index contributed by atoms with van der Waals surface area (Å²) in [6.07, 6.45) is 0.0000463. The van der Waals surface area contributed by atoms with E-state index in [9.17, 15) is 18.0 Å². The fourth-order valence-corrected chi connectivity index (χ4v) is 7.95. The predicted molar refractivity (Wildman–Crippen MR) is 178 cm³/mol. The van der Waals surface area contributed by atoms with Crippen LogP contribution in [0.2, 0.25) is 0 Å². The van der Waals surface area contributed by atoms with Crippen molar-refractivity contribution in [1.29, 1.82) is 0 Å². The van der Waals surface area contributed by atoms with Gasteiger partial charge in [-0.2, -0.15) is 0 Å². The van der Waals surface area contributed by atoms with Gasteiger partial charge in [-0.3, -0.25) is 9.59 Å². The van der Waals surface area contributed by atoms with Crippen molar-refractivity contribution < 1.29 is 59.6 Å². The van der Waals surface area contributed by atoms with E-state index in [0.717, 1.165) is 18.7 Å². The van der Waals surface area contributed by atoms with Gasteiger partial charge in [0.2, 0.25) is 0 Å². The Bertz CT molecular complexity index is 1220. The van der Waals surface area contributed by atoms with Crippen LogP contribution in [0.15, 0.2) is 31.8 Å². The van der Waals surface area contributed by atoms with Crippen LogP contribution in [-0.2, 0) is 47.4 Å². The fourth-order valence-electron chi connectivity index (χ4n) is 2.93. The number of hydrogen-bond donors (Lipinski definition) is 3. The van der Waals surface area contributed by atoms with Crippen LogP contribution in [0.4, 0.5) is 0 Å². The molecule has 9 nitrogen and oxygen atoms in total. The van der Waals surface area contributed by atoms with Gasteiger partial charge in [0.15, 0.2) is 0 Å². The number of nitrogens with one attached hydrogen (secondary N) is 2. The number of halogens is 2. The summed E-state index contributed by atoms with van der Waals surface area (Å²) in [7, 11) is -1.26. The Hall–Kier alpha value is 0.0774. The molecule has 0 spiro atoms. The van der Waals surface area contributed by atoms with E-state index in [2.05, 4.69) is 41.3 Å². The summed E-state index contributed by atoms with van der Waals surface area (Å²) < 4.78 is 56.4. The third kappa shape index (κ3) is 14.2. The molecule has 236 valence electrons. The SMILES string of the molecule is CC(C)(C)S(=O)N[C@@](C)(CC(=O)O)c1cc(Br)cs1.COC(=O)C[C@](C)(N[S@](=O)C(C)(C)C)c1cc(Br)cs1.[2HH].[2H][2H].[2H][2H].[Li+].[OH-]. The van der Waals surface area contributed by atoms with Crippen LogP contribution in [-0.4, -0.2) is 47.5 Å². The van der Waals surface area contributed by atoms with Gasteiger partial charge in [-0.25, -0.2) is 17.9 Å². The van der Waals surface area contributed by atoms with Crippen LogP contribution < -0.4 is 28.3 Å². The van der Waals surface area contributed by atoms with Crippen molar-refractivity contribution in [2.75, 3.05) is 7.11 Å². The van der Waals surface area contributed by atoms with E-state index in [1.54, 1.807) is 6.92 Å². The Morgan fingerprint density at radius 2 is 1.22 bits per heavy atom. The first-order chi connectivity index (χ1) is 19.6. The van der Waals surface area contributed by atoms with Crippen molar-refractivity contribution in [2.45, 2.75) is 88.8 Å². The standard InChI is InChI=1S/C13H20BrNO3S2.C12H18BrNO3S2.Li.H2O.3H2/c1-12(2,3)20(17)15-13(4,7-11(16)18-5)10-6-9(14)8-19-10;1-11(2,3)19(17)14-12(4,6-10(15)16)9-5-8(13)7-18-9;;;;;/h6,8,15H,7H2,1-5H3;5,7,14H,6H2,1-4H3,(H,15,16);;1H2;3*1H/q;;+1;;;;/p-1/t13-,20+;12-,19?;;;;;/m00...../s1/i;;;;2*1+1D;1+1. The van der Waals surface area contributed by atoms with Crippen LogP contribution in [0.5, 0.6) is 0 Å². The molecule has 4 atom stereocenters. The summed E-state index contributed by atoms with van der Waals surface area (Å²) in [6.45, 7) is 14.8. The first-order valence-corrected chi connectivity index (χ1v) is 17.4. The first kappa shape index (κ1) is 39.1. The third-order valence-electron chi connectivity index (χ3n) is 5.20. The quantitative estimate of drug-likeness (QED) is 0.242. The minimum Gasteiger partial charge on any atom is -0.870 e. The Balaban J connectivity index is -0.000000208. The zero-order chi connectivity index (χ0) is 34.4. The number of methoxy groups -OCH3 is 1. The van der Waals surface area contributed by atoms with Crippen molar-refractivity contribution >= 4 is 88.4 Å². The van der Waals surface area contributed by atoms with E-state index in [1.165, 1.54) is 29.8 Å². The molecule has 0 bridgehead atoms. The van der Waals surface area contributed by atoms with E-state index >= 15 is 0 Å². The summed E-state index contributed by atoms with van der Waals surface area (Å²) in [6, 6.07) is 3.79. The van der Waals surface area contributed by atoms with Crippen LogP contribution in [0, 0.1) is 0 Å². The third-order valence-corrected chi connectivity index (χ3v) is 12.6. The monoisotopic (exact) mass is 783 g/mol. The van der Waals surface area contributed by atoms with Gasteiger partial charge in [0.25, 0.3) is 0 Å². The minimum absolute atomic E-state index is 0. The van der Waals surface area contributed by atoms with E-state index < -0.39 is 48.5 Å². The Morgan fingerprint density at radius 1 is 0.878 bits per heavy atom. The van der Waals surface area contributed by atoms with Crippen LogP contribution in [0.1, 0.15) is 85.4 Å². The molecule has 1 unspecified atom stereocenters. The van der Waals surface area contributed by atoms with Crippen molar-refractivity contribution in [1.82, 2.24) is 9.44 Å². The Labute approximate surface area is 292 Å². The molecule has 2 rings (SSSR count). The summed E-state index contributed by atoms with van der Waals surface area (Å²) in [5, 5.41) is 12.9. The van der Waals surface area contributed by atoms with Crippen LogP contribution >= 0.6 is 54.5 Å². The first-order valence-electron chi connectivity index (χ1n) is 13.8. The van der Waals surface area contributed by atoms with E-state index in [-0.39, 0.29) is 44.6 Å². The van der Waals surface area contributed by atoms with Gasteiger partial charge in [0, 0.05) is 36.8 Å². The Kier molecular flexibility index (Phi) is 16.7. The fraction of sp³-hybridized carbons (Fsp3) is 0.600. The van der Waals surface area contributed by atoms with Crippen LogP contribution in [0.25, 0.3) is 0 Å². The van der Waals surface area contributed by atoms with Gasteiger partial charge >= 0.3 is 30.8 Å². The summed E-state index contributed by atoms with van der Waals surface area (Å²) >= 11 is 9.71. The van der Waals surface area contributed by atoms with Crippen molar-refractivity contribution in [3.8, 4) is 0 Å². The number of carbonyl (C=O) groups is 2. The molecule has 0 aliphatic carbocycles. The second-order valence-electron chi connectivity index (χ2n) is 11.2. The molecule has 0 aromatic carbocycles. The summed E-state index contributed by atoms with van der Waals surface area (Å²) in [4.78, 5) is 24.5. The average molecular weight is 786 g/mol. The summed E-state index contributed by atoms with van der Waals surface area (Å²) in [5.41, 5.74) is -1.57. The number of thiophene rings is 2. The molecule has 4 N–H and O–H groups in total. The molecule has 0 aliphatic rings. The largest absolute Gasteiger partial charge is 1.00 e. The molecule has 0 saturated heterocycles. The normalized spacial score (nSPS) is 16.3. The van der Waals surface area contributed by atoms with Gasteiger partial charge in [-0.1, -0.05) is 0 Å². The van der Waals surface area contributed by atoms with Gasteiger partial charge < -0.3 is 15.3 Å². The zero-order valence-electron chi connectivity index (χ0n) is 29.0. The topological polar surface area (TPSA) is 152 Å². The smallest absolute Gasteiger partial charge is 0.870 e. The Morgan fingerprint density at radius 3 is 1.46 bits per heavy atom. The summed E-state index contributed by atoms with van der Waals surface area (Å²) in [5.74, 6) is -1.26. The molecule has 41 heavy (non-hydrogen) atoms. The molecule has 0 fully saturated rings. The zero-order valence-corrected chi connectivity index (χ0v) is 31.5. The van der Waals surface area contributed by atoms with E-state index in [0.29, 0.717) is 0 Å². The number of rotatable bonds is 10. The molecule has 2 heterocycles. The number of carbonyl (C=O) groups excluding carboxylic acids is 1. The predicted octanol–water partition coefficient (Wildman–Crippen LogP) is 4.16. The maximum atomic E-state index is 12.4. The molecule has 0 amide bonds. The van der Waals surface area contributed by atoms with Gasteiger partial charge in [0.05, 0.1) is 62.5 Å². The van der Waals surface area contributed by atoms with E-state index in [1.807, 2.05) is 71.4 Å². The molecule has 2 aromatic heterocycles. The number of ether oxygens (including phenoxy) is 1. The maximum absolute atomic E-state index is 12.4. The van der Waals surface area contributed by atoms with Gasteiger partial charge in [-0.15, -0.1) is 22.7 Å². The molecular weight excluding hydrogens is 735 g/mol. The molecular formula is C25H45Br2LiN2O7S4. The van der Waals surface area contributed by atoms with Gasteiger partial charge in [0.1, 0.15) is 0 Å². The minimum atomic E-state index is -1.34. The average Bonchev–Trinajstić information content (AvgIpc) is 3.54. The number of carboxylic acid groups (broad SMARTS) is 1. The second-order valence-corrected chi connectivity index (χ2v) is 18.8. The second kappa shape index (κ2) is 17.5. The molecule has 0 aliphatic heterocycles.